The summed E-state index contributed by atoms with van der Waals surface area (Å²) in [5.74, 6) is -0.880. The Labute approximate surface area is 66.1 Å². The number of carbonyl (C=O) groups excluding carboxylic acids is 1. The monoisotopic (exact) mass is 186 g/mol. The van der Waals surface area contributed by atoms with E-state index in [2.05, 4.69) is 4.79 Å². The van der Waals surface area contributed by atoms with Crippen LogP contribution in [0.4, 0.5) is 0 Å². The maximum absolute atomic E-state index is 10.4. The molecule has 0 spiro atoms. The first-order valence-corrected chi connectivity index (χ1v) is 2.90. The second kappa shape index (κ2) is 3.18. The van der Waals surface area contributed by atoms with Crippen LogP contribution in [0.2, 0.25) is 0 Å². The van der Waals surface area contributed by atoms with Crippen molar-refractivity contribution in [2.45, 2.75) is 3.79 Å². The molecule has 0 aliphatic carbocycles. The molecule has 6 heteroatoms. The minimum atomic E-state index is -2.02. The maximum Gasteiger partial charge on any atom is 0.327 e. The molecule has 0 N–H and O–H groups in total. The zero-order chi connectivity index (χ0) is 7.49. The lowest BCUT2D eigenvalue weighted by Gasteiger charge is -1.99. The van der Waals surface area contributed by atoms with Gasteiger partial charge >= 0.3 is 6.21 Å². The minimum Gasteiger partial charge on any atom is -0.361 e. The lowest BCUT2D eigenvalue weighted by atomic mass is 10.5. The average molecular weight is 187 g/mol. The van der Waals surface area contributed by atoms with Crippen LogP contribution in [-0.2, 0) is 4.79 Å². The largest absolute Gasteiger partial charge is 0.361 e. The second-order valence-corrected chi connectivity index (χ2v) is 3.39. The van der Waals surface area contributed by atoms with E-state index in [1.54, 1.807) is 0 Å². The van der Waals surface area contributed by atoms with Gasteiger partial charge < -0.3 is 5.53 Å². The number of carbonyl (C=O) groups is 1. The van der Waals surface area contributed by atoms with Gasteiger partial charge in [0, 0.05) is 0 Å². The van der Waals surface area contributed by atoms with Crippen molar-refractivity contribution < 1.29 is 9.58 Å². The van der Waals surface area contributed by atoms with Gasteiger partial charge in [-0.2, -0.15) is 4.79 Å². The summed E-state index contributed by atoms with van der Waals surface area (Å²) in [7, 11) is 0. The highest BCUT2D eigenvalue weighted by molar-refractivity contribution is 6.80. The van der Waals surface area contributed by atoms with Crippen molar-refractivity contribution in [3.63, 3.8) is 0 Å². The summed E-state index contributed by atoms with van der Waals surface area (Å²) in [5, 5.41) is 0. The van der Waals surface area contributed by atoms with Crippen molar-refractivity contribution in [3.8, 4) is 0 Å². The molecule has 0 fully saturated rings. The fraction of sp³-hybridized carbons (Fsp3) is 0.333. The molecular weight excluding hydrogens is 186 g/mol. The molecule has 0 aliphatic heterocycles. The van der Waals surface area contributed by atoms with Crippen LogP contribution in [0.1, 0.15) is 0 Å². The number of ketones is 1. The van der Waals surface area contributed by atoms with E-state index < -0.39 is 9.58 Å². The molecule has 3 nitrogen and oxygen atoms in total. The van der Waals surface area contributed by atoms with Gasteiger partial charge in [-0.3, -0.25) is 4.79 Å². The summed E-state index contributed by atoms with van der Waals surface area (Å²) in [4.78, 5) is 12.7. The van der Waals surface area contributed by atoms with Crippen LogP contribution in [0.3, 0.4) is 0 Å². The van der Waals surface area contributed by atoms with Crippen molar-refractivity contribution >= 4 is 46.8 Å². The SMILES string of the molecule is [N-]=[N+]=CC(=O)C(Cl)(Cl)Cl. The van der Waals surface area contributed by atoms with Crippen molar-refractivity contribution in [1.29, 1.82) is 0 Å². The molecule has 0 rings (SSSR count). The van der Waals surface area contributed by atoms with Gasteiger partial charge in [-0.05, 0) is 0 Å². The van der Waals surface area contributed by atoms with Gasteiger partial charge in [-0.1, -0.05) is 34.8 Å². The van der Waals surface area contributed by atoms with Crippen LogP contribution in [-0.4, -0.2) is 20.6 Å². The van der Waals surface area contributed by atoms with E-state index in [4.69, 9.17) is 40.3 Å². The highest BCUT2D eigenvalue weighted by Crippen LogP contribution is 2.25. The topological polar surface area (TPSA) is 53.5 Å². The molecule has 0 saturated heterocycles. The smallest absolute Gasteiger partial charge is 0.327 e. The standard InChI is InChI=1S/C3HCl3N2O/c4-3(5,6)2(9)1-8-7/h1H. The molecule has 50 valence electrons. The molecule has 9 heavy (non-hydrogen) atoms. The Bertz CT molecular complexity index is 166. The Kier molecular flexibility index (Phi) is 3.15. The van der Waals surface area contributed by atoms with Gasteiger partial charge in [0.2, 0.25) is 0 Å². The summed E-state index contributed by atoms with van der Waals surface area (Å²) in [6.45, 7) is 0. The number of rotatable bonds is 1. The lowest BCUT2D eigenvalue weighted by Crippen LogP contribution is -2.19. The quantitative estimate of drug-likeness (QED) is 0.264. The van der Waals surface area contributed by atoms with Crippen LogP contribution in [0.5, 0.6) is 0 Å². The molecule has 0 aromatic heterocycles. The van der Waals surface area contributed by atoms with Crippen LogP contribution >= 0.6 is 34.8 Å². The third-order valence-electron chi connectivity index (χ3n) is 0.454. The van der Waals surface area contributed by atoms with Gasteiger partial charge in [0.15, 0.2) is 0 Å². The molecule has 0 unspecified atom stereocenters. The number of alkyl halides is 3. The van der Waals surface area contributed by atoms with E-state index in [9.17, 15) is 4.79 Å². The average Bonchev–Trinajstić information content (AvgIpc) is 1.64. The Morgan fingerprint density at radius 1 is 1.56 bits per heavy atom. The summed E-state index contributed by atoms with van der Waals surface area (Å²) >= 11 is 15.1. The van der Waals surface area contributed by atoms with Gasteiger partial charge in [-0.25, -0.2) is 0 Å². The molecule has 0 bridgehead atoms. The van der Waals surface area contributed by atoms with E-state index in [1.807, 2.05) is 0 Å². The van der Waals surface area contributed by atoms with E-state index >= 15 is 0 Å². The van der Waals surface area contributed by atoms with E-state index in [-0.39, 0.29) is 0 Å². The van der Waals surface area contributed by atoms with E-state index in [1.165, 1.54) is 0 Å². The third kappa shape index (κ3) is 3.49. The van der Waals surface area contributed by atoms with Crippen molar-refractivity contribution in [1.82, 2.24) is 0 Å². The predicted molar refractivity (Wildman–Crippen MR) is 35.0 cm³/mol. The molecule has 0 saturated carbocycles. The molecule has 0 aromatic rings. The maximum atomic E-state index is 10.4. The Morgan fingerprint density at radius 2 is 2.00 bits per heavy atom. The summed E-state index contributed by atoms with van der Waals surface area (Å²) < 4.78 is -2.02. The van der Waals surface area contributed by atoms with Crippen LogP contribution in [0.15, 0.2) is 0 Å². The Balaban J connectivity index is 4.22. The lowest BCUT2D eigenvalue weighted by molar-refractivity contribution is -0.115. The highest BCUT2D eigenvalue weighted by atomic mass is 35.6. The first kappa shape index (κ1) is 8.92. The number of Topliss-reactive ketones (excluding diaryl/α,β-unsaturated/α-hetero) is 1. The summed E-state index contributed by atoms with van der Waals surface area (Å²) in [5.41, 5.74) is 7.77. The van der Waals surface area contributed by atoms with Crippen molar-refractivity contribution in [2.75, 3.05) is 0 Å². The Morgan fingerprint density at radius 3 is 2.11 bits per heavy atom. The summed E-state index contributed by atoms with van der Waals surface area (Å²) in [6, 6.07) is 0. The van der Waals surface area contributed by atoms with E-state index in [0.717, 1.165) is 0 Å². The number of halogens is 3. The second-order valence-electron chi connectivity index (χ2n) is 1.11. The van der Waals surface area contributed by atoms with Gasteiger partial charge in [-0.15, -0.1) is 0 Å². The first-order chi connectivity index (χ1) is 3.98. The molecule has 0 atom stereocenters. The highest BCUT2D eigenvalue weighted by Gasteiger charge is 2.31. The number of nitrogens with zero attached hydrogens (tertiary/aromatic N) is 2. The van der Waals surface area contributed by atoms with Crippen LogP contribution in [0, 0.1) is 0 Å². The van der Waals surface area contributed by atoms with Crippen LogP contribution < -0.4 is 0 Å². The van der Waals surface area contributed by atoms with Crippen molar-refractivity contribution in [2.24, 2.45) is 0 Å². The normalized spacial score (nSPS) is 10.1. The molecule has 0 radical (unpaired) electrons. The van der Waals surface area contributed by atoms with Crippen LogP contribution in [0.25, 0.3) is 5.53 Å². The first-order valence-electron chi connectivity index (χ1n) is 1.77. The molecule has 0 aliphatic rings. The fourth-order valence-electron chi connectivity index (χ4n) is 0.126. The summed E-state index contributed by atoms with van der Waals surface area (Å²) in [6.07, 6.45) is 0.521. The Hall–Kier alpha value is -0.0800. The minimum absolute atomic E-state index is 0.521. The molecular formula is C3HCl3N2O. The van der Waals surface area contributed by atoms with Gasteiger partial charge in [0.1, 0.15) is 0 Å². The zero-order valence-corrected chi connectivity index (χ0v) is 6.28. The third-order valence-corrected chi connectivity index (χ3v) is 1.01. The van der Waals surface area contributed by atoms with Gasteiger partial charge in [0.25, 0.3) is 9.58 Å². The number of hydrogen-bond donors (Lipinski definition) is 0. The number of hydrogen-bond acceptors (Lipinski definition) is 1. The molecule has 0 heterocycles. The predicted octanol–water partition coefficient (Wildman–Crippen LogP) is 1.23. The fourth-order valence-corrected chi connectivity index (χ4v) is 0.272. The van der Waals surface area contributed by atoms with E-state index in [0.29, 0.717) is 6.21 Å². The molecule has 0 aromatic carbocycles. The zero-order valence-electron chi connectivity index (χ0n) is 4.01. The molecule has 0 amide bonds. The van der Waals surface area contributed by atoms with Gasteiger partial charge in [0.05, 0.1) is 0 Å². The van der Waals surface area contributed by atoms with Crippen molar-refractivity contribution in [3.05, 3.63) is 5.53 Å².